The molecule has 1 unspecified atom stereocenters. The number of alkyl halides is 3. The first-order chi connectivity index (χ1) is 10.7. The number of fused-ring (bicyclic) bond motifs is 1. The van der Waals surface area contributed by atoms with Gasteiger partial charge in [-0.1, -0.05) is 11.6 Å². The Morgan fingerprint density at radius 2 is 2.13 bits per heavy atom. The molecule has 23 heavy (non-hydrogen) atoms. The van der Waals surface area contributed by atoms with E-state index < -0.39 is 37.1 Å². The van der Waals surface area contributed by atoms with Gasteiger partial charge in [0.2, 0.25) is 5.91 Å². The van der Waals surface area contributed by atoms with Crippen LogP contribution in [0.2, 0.25) is 5.02 Å². The molecule has 0 aromatic heterocycles. The lowest BCUT2D eigenvalue weighted by atomic mass is 10.2. The second-order valence-corrected chi connectivity index (χ2v) is 5.38. The fourth-order valence-corrected chi connectivity index (χ4v) is 2.32. The van der Waals surface area contributed by atoms with E-state index in [2.05, 4.69) is 5.32 Å². The normalized spacial score (nSPS) is 16.8. The molecule has 0 saturated heterocycles. The summed E-state index contributed by atoms with van der Waals surface area (Å²) in [6, 6.07) is 4.12. The summed E-state index contributed by atoms with van der Waals surface area (Å²) >= 11 is 5.84. The molecule has 0 aliphatic carbocycles. The third kappa shape index (κ3) is 4.41. The third-order valence-corrected chi connectivity index (χ3v) is 3.29. The van der Waals surface area contributed by atoms with E-state index in [1.54, 1.807) is 18.2 Å². The highest BCUT2D eigenvalue weighted by molar-refractivity contribution is 6.30. The Kier molecular flexibility index (Phi) is 4.88. The van der Waals surface area contributed by atoms with Crippen LogP contribution in [-0.2, 0) is 9.59 Å². The van der Waals surface area contributed by atoms with Gasteiger partial charge in [-0.25, -0.2) is 0 Å². The standard InChI is InChI=1S/C13H13ClF3N3O3/c14-7-1-2-10-9(3-7)19-8(6-23-10)4-20(5-11(18)21)12(22)13(15,16)17/h1-3,8,19H,4-6H2,(H2,18,21). The zero-order valence-electron chi connectivity index (χ0n) is 11.7. The number of primary amides is 1. The summed E-state index contributed by atoms with van der Waals surface area (Å²) in [5, 5.41) is 3.34. The van der Waals surface area contributed by atoms with Crippen molar-refractivity contribution in [3.8, 4) is 5.75 Å². The molecule has 0 radical (unpaired) electrons. The highest BCUT2D eigenvalue weighted by atomic mass is 35.5. The van der Waals surface area contributed by atoms with Crippen LogP contribution in [0, 0.1) is 0 Å². The number of amides is 2. The van der Waals surface area contributed by atoms with Crippen molar-refractivity contribution in [3.63, 3.8) is 0 Å². The number of hydrogen-bond acceptors (Lipinski definition) is 4. The van der Waals surface area contributed by atoms with E-state index in [0.717, 1.165) is 0 Å². The summed E-state index contributed by atoms with van der Waals surface area (Å²) in [5.41, 5.74) is 5.40. The van der Waals surface area contributed by atoms with Gasteiger partial charge in [-0.3, -0.25) is 9.59 Å². The summed E-state index contributed by atoms with van der Waals surface area (Å²) < 4.78 is 43.2. The van der Waals surface area contributed by atoms with E-state index in [1.165, 1.54) is 0 Å². The molecule has 3 N–H and O–H groups in total. The quantitative estimate of drug-likeness (QED) is 0.858. The maximum atomic E-state index is 12.6. The Bertz CT molecular complexity index is 624. The van der Waals surface area contributed by atoms with E-state index in [1.807, 2.05) is 0 Å². The van der Waals surface area contributed by atoms with Crippen molar-refractivity contribution in [2.24, 2.45) is 5.73 Å². The van der Waals surface area contributed by atoms with Crippen molar-refractivity contribution in [1.29, 1.82) is 0 Å². The number of benzene rings is 1. The molecule has 126 valence electrons. The highest BCUT2D eigenvalue weighted by Gasteiger charge is 2.43. The lowest BCUT2D eigenvalue weighted by molar-refractivity contribution is -0.186. The molecule has 0 fully saturated rings. The van der Waals surface area contributed by atoms with Gasteiger partial charge in [-0.2, -0.15) is 13.2 Å². The zero-order valence-corrected chi connectivity index (χ0v) is 12.4. The smallest absolute Gasteiger partial charge is 0.471 e. The average molecular weight is 352 g/mol. The van der Waals surface area contributed by atoms with Crippen LogP contribution in [-0.4, -0.2) is 48.6 Å². The van der Waals surface area contributed by atoms with Gasteiger partial charge in [0.25, 0.3) is 0 Å². The van der Waals surface area contributed by atoms with Crippen molar-refractivity contribution < 1.29 is 27.5 Å². The maximum absolute atomic E-state index is 12.6. The van der Waals surface area contributed by atoms with Gasteiger partial charge in [-0.05, 0) is 18.2 Å². The van der Waals surface area contributed by atoms with Gasteiger partial charge in [-0.15, -0.1) is 0 Å². The minimum Gasteiger partial charge on any atom is -0.489 e. The summed E-state index contributed by atoms with van der Waals surface area (Å²) in [4.78, 5) is 22.6. The first-order valence-corrected chi connectivity index (χ1v) is 6.88. The third-order valence-electron chi connectivity index (χ3n) is 3.06. The van der Waals surface area contributed by atoms with Gasteiger partial charge >= 0.3 is 12.1 Å². The van der Waals surface area contributed by atoms with Crippen LogP contribution in [0.25, 0.3) is 0 Å². The molecule has 2 rings (SSSR count). The molecule has 2 amide bonds. The van der Waals surface area contributed by atoms with E-state index in [4.69, 9.17) is 22.1 Å². The highest BCUT2D eigenvalue weighted by Crippen LogP contribution is 2.31. The summed E-state index contributed by atoms with van der Waals surface area (Å²) in [5.74, 6) is -2.67. The summed E-state index contributed by atoms with van der Waals surface area (Å²) in [7, 11) is 0. The van der Waals surface area contributed by atoms with Crippen LogP contribution in [0.5, 0.6) is 5.75 Å². The maximum Gasteiger partial charge on any atom is 0.471 e. The summed E-state index contributed by atoms with van der Waals surface area (Å²) in [6.45, 7) is -1.21. The van der Waals surface area contributed by atoms with E-state index >= 15 is 0 Å². The number of rotatable bonds is 4. The Morgan fingerprint density at radius 1 is 1.43 bits per heavy atom. The molecule has 10 heteroatoms. The van der Waals surface area contributed by atoms with Crippen LogP contribution in [0.4, 0.5) is 18.9 Å². The molecule has 1 aromatic carbocycles. The minimum absolute atomic E-state index is 0.0228. The summed E-state index contributed by atoms with van der Waals surface area (Å²) in [6.07, 6.45) is -5.09. The molecule has 1 atom stereocenters. The number of ether oxygens (including phenoxy) is 1. The average Bonchev–Trinajstić information content (AvgIpc) is 2.43. The van der Waals surface area contributed by atoms with E-state index in [0.29, 0.717) is 21.4 Å². The number of nitrogens with one attached hydrogen (secondary N) is 1. The van der Waals surface area contributed by atoms with Crippen molar-refractivity contribution >= 4 is 29.1 Å². The fraction of sp³-hybridized carbons (Fsp3) is 0.385. The molecule has 1 aliphatic rings. The number of halogens is 4. The lowest BCUT2D eigenvalue weighted by Crippen LogP contribution is -2.51. The van der Waals surface area contributed by atoms with Crippen LogP contribution < -0.4 is 15.8 Å². The molecule has 6 nitrogen and oxygen atoms in total. The second kappa shape index (κ2) is 6.53. The zero-order chi connectivity index (χ0) is 17.2. The Morgan fingerprint density at radius 3 is 2.74 bits per heavy atom. The van der Waals surface area contributed by atoms with Crippen LogP contribution in [0.15, 0.2) is 18.2 Å². The van der Waals surface area contributed by atoms with Crippen molar-refractivity contribution in [2.45, 2.75) is 12.2 Å². The Balaban J connectivity index is 2.11. The molecular formula is C13H13ClF3N3O3. The van der Waals surface area contributed by atoms with Crippen LogP contribution in [0.1, 0.15) is 0 Å². The van der Waals surface area contributed by atoms with Gasteiger partial charge in [0.05, 0.1) is 18.3 Å². The van der Waals surface area contributed by atoms with E-state index in [9.17, 15) is 22.8 Å². The SMILES string of the molecule is NC(=O)CN(CC1COc2ccc(Cl)cc2N1)C(=O)C(F)(F)F. The predicted molar refractivity (Wildman–Crippen MR) is 76.2 cm³/mol. The number of nitrogens with zero attached hydrogens (tertiary/aromatic N) is 1. The fourth-order valence-electron chi connectivity index (χ4n) is 2.14. The molecule has 0 saturated carbocycles. The number of carbonyl (C=O) groups excluding carboxylic acids is 2. The van der Waals surface area contributed by atoms with Crippen molar-refractivity contribution in [2.75, 3.05) is 25.0 Å². The molecule has 1 aliphatic heterocycles. The first kappa shape index (κ1) is 17.2. The van der Waals surface area contributed by atoms with Gasteiger partial charge in [0.15, 0.2) is 0 Å². The number of hydrogen-bond donors (Lipinski definition) is 2. The largest absolute Gasteiger partial charge is 0.489 e. The van der Waals surface area contributed by atoms with Crippen LogP contribution in [0.3, 0.4) is 0 Å². The molecular weight excluding hydrogens is 339 g/mol. The molecule has 0 bridgehead atoms. The number of nitrogens with two attached hydrogens (primary N) is 1. The van der Waals surface area contributed by atoms with Crippen molar-refractivity contribution in [3.05, 3.63) is 23.2 Å². The molecule has 1 aromatic rings. The van der Waals surface area contributed by atoms with E-state index in [-0.39, 0.29) is 6.61 Å². The number of anilines is 1. The minimum atomic E-state index is -5.09. The molecule has 0 spiro atoms. The Labute approximate surface area is 134 Å². The lowest BCUT2D eigenvalue weighted by Gasteiger charge is -2.32. The van der Waals surface area contributed by atoms with Gasteiger partial charge in [0.1, 0.15) is 12.4 Å². The second-order valence-electron chi connectivity index (χ2n) is 4.94. The molecule has 1 heterocycles. The first-order valence-electron chi connectivity index (χ1n) is 6.50. The van der Waals surface area contributed by atoms with Crippen molar-refractivity contribution in [1.82, 2.24) is 4.90 Å². The van der Waals surface area contributed by atoms with Gasteiger partial charge in [0, 0.05) is 11.6 Å². The topological polar surface area (TPSA) is 84.7 Å². The Hall–Kier alpha value is -2.16. The van der Waals surface area contributed by atoms with Gasteiger partial charge < -0.3 is 20.7 Å². The number of carbonyl (C=O) groups is 2. The predicted octanol–water partition coefficient (Wildman–Crippen LogP) is 1.39. The monoisotopic (exact) mass is 351 g/mol. The van der Waals surface area contributed by atoms with Crippen LogP contribution >= 0.6 is 11.6 Å².